The predicted octanol–water partition coefficient (Wildman–Crippen LogP) is 2.66. The molecule has 0 unspecified atom stereocenters. The third-order valence-electron chi connectivity index (χ3n) is 3.95. The van der Waals surface area contributed by atoms with Crippen LogP contribution in [0, 0.1) is 13.8 Å². The Morgan fingerprint density at radius 1 is 1.22 bits per heavy atom. The largest absolute Gasteiger partial charge is 0.495 e. The molecule has 0 saturated heterocycles. The minimum absolute atomic E-state index is 0.349. The average molecular weight is 364 g/mol. The van der Waals surface area contributed by atoms with Gasteiger partial charge in [0.05, 0.1) is 19.0 Å². The number of aromatic nitrogens is 5. The lowest BCUT2D eigenvalue weighted by Crippen LogP contribution is -2.13. The Morgan fingerprint density at radius 2 is 2.07 bits per heavy atom. The first-order valence-corrected chi connectivity index (χ1v) is 8.15. The molecule has 0 bridgehead atoms. The van der Waals surface area contributed by atoms with Crippen molar-refractivity contribution in [3.8, 4) is 17.2 Å². The smallest absolute Gasteiger partial charge is 0.261 e. The predicted molar refractivity (Wildman–Crippen MR) is 96.7 cm³/mol. The Hall–Kier alpha value is -3.75. The van der Waals surface area contributed by atoms with Crippen LogP contribution in [0.15, 0.2) is 41.2 Å². The molecular formula is C18H16N6O3. The Balaban J connectivity index is 1.69. The molecule has 3 aromatic heterocycles. The van der Waals surface area contributed by atoms with Crippen LogP contribution in [0.1, 0.15) is 21.8 Å². The molecule has 9 nitrogen and oxygen atoms in total. The fourth-order valence-electron chi connectivity index (χ4n) is 2.67. The average Bonchev–Trinajstić information content (AvgIpc) is 3.27. The van der Waals surface area contributed by atoms with E-state index in [0.29, 0.717) is 40.0 Å². The van der Waals surface area contributed by atoms with Crippen molar-refractivity contribution in [2.24, 2.45) is 0 Å². The number of nitrogens with zero attached hydrogens (tertiary/aromatic N) is 5. The summed E-state index contributed by atoms with van der Waals surface area (Å²) in [6.45, 7) is 3.62. The van der Waals surface area contributed by atoms with E-state index in [4.69, 9.17) is 9.15 Å². The van der Waals surface area contributed by atoms with Gasteiger partial charge in [0.2, 0.25) is 11.8 Å². The lowest BCUT2D eigenvalue weighted by atomic mass is 10.1. The summed E-state index contributed by atoms with van der Waals surface area (Å²) in [6, 6.07) is 5.22. The van der Waals surface area contributed by atoms with Crippen molar-refractivity contribution >= 4 is 17.2 Å². The van der Waals surface area contributed by atoms with Crippen LogP contribution in [0.5, 0.6) is 5.75 Å². The van der Waals surface area contributed by atoms with E-state index in [1.807, 2.05) is 6.92 Å². The van der Waals surface area contributed by atoms with E-state index in [0.717, 1.165) is 5.56 Å². The normalized spacial score (nSPS) is 10.9. The molecule has 3 heterocycles. The molecule has 0 aliphatic heterocycles. The van der Waals surface area contributed by atoms with E-state index in [9.17, 15) is 4.79 Å². The maximum Gasteiger partial charge on any atom is 0.261 e. The van der Waals surface area contributed by atoms with Crippen LogP contribution in [-0.2, 0) is 0 Å². The van der Waals surface area contributed by atoms with E-state index >= 15 is 0 Å². The molecular weight excluding hydrogens is 348 g/mol. The van der Waals surface area contributed by atoms with Gasteiger partial charge in [-0.3, -0.25) is 4.79 Å². The number of amides is 1. The number of rotatable bonds is 4. The zero-order valence-corrected chi connectivity index (χ0v) is 14.9. The summed E-state index contributed by atoms with van der Waals surface area (Å²) >= 11 is 0. The molecule has 0 saturated carbocycles. The molecule has 1 aromatic carbocycles. The lowest BCUT2D eigenvalue weighted by molar-refractivity contribution is 0.102. The van der Waals surface area contributed by atoms with E-state index < -0.39 is 0 Å². The maximum atomic E-state index is 12.8. The highest BCUT2D eigenvalue weighted by Gasteiger charge is 2.17. The molecule has 0 fully saturated rings. The molecule has 0 atom stereocenters. The Kier molecular flexibility index (Phi) is 4.03. The fraction of sp³-hybridized carbons (Fsp3) is 0.167. The van der Waals surface area contributed by atoms with Crippen molar-refractivity contribution in [1.82, 2.24) is 24.8 Å². The highest BCUT2D eigenvalue weighted by atomic mass is 16.5. The summed E-state index contributed by atoms with van der Waals surface area (Å²) in [6.07, 6.45) is 4.97. The summed E-state index contributed by atoms with van der Waals surface area (Å²) in [5.41, 5.74) is 2.92. The number of anilines is 1. The first kappa shape index (κ1) is 16.7. The standard InChI is InChI=1S/C18H16N6O3/c1-10-7-19-16-13(8-20-24(16)9-10)17(25)21-14-6-12(4-5-15(14)26-3)18-23-22-11(2)27-18/h4-9H,1-3H3,(H,21,25). The fourth-order valence-corrected chi connectivity index (χ4v) is 2.67. The summed E-state index contributed by atoms with van der Waals surface area (Å²) in [5.74, 6) is 0.972. The van der Waals surface area contributed by atoms with Crippen LogP contribution in [0.2, 0.25) is 0 Å². The number of hydrogen-bond donors (Lipinski definition) is 1. The van der Waals surface area contributed by atoms with Gasteiger partial charge in [-0.25, -0.2) is 9.50 Å². The van der Waals surface area contributed by atoms with Gasteiger partial charge in [0.25, 0.3) is 5.91 Å². The second-order valence-electron chi connectivity index (χ2n) is 5.95. The summed E-state index contributed by atoms with van der Waals surface area (Å²) < 4.78 is 12.4. The third-order valence-corrected chi connectivity index (χ3v) is 3.95. The van der Waals surface area contributed by atoms with E-state index in [-0.39, 0.29) is 5.91 Å². The van der Waals surface area contributed by atoms with Crippen molar-refractivity contribution in [2.45, 2.75) is 13.8 Å². The van der Waals surface area contributed by atoms with Gasteiger partial charge < -0.3 is 14.5 Å². The molecule has 27 heavy (non-hydrogen) atoms. The number of carbonyl (C=O) groups is 1. The third kappa shape index (κ3) is 3.10. The summed E-state index contributed by atoms with van der Waals surface area (Å²) in [5, 5.41) is 14.8. The maximum absolute atomic E-state index is 12.8. The van der Waals surface area contributed by atoms with Gasteiger partial charge in [-0.15, -0.1) is 10.2 Å². The second-order valence-corrected chi connectivity index (χ2v) is 5.95. The molecule has 4 aromatic rings. The van der Waals surface area contributed by atoms with E-state index in [1.165, 1.54) is 13.3 Å². The van der Waals surface area contributed by atoms with E-state index in [1.54, 1.807) is 42.0 Å². The number of nitrogens with one attached hydrogen (secondary N) is 1. The van der Waals surface area contributed by atoms with Crippen molar-refractivity contribution in [1.29, 1.82) is 0 Å². The molecule has 0 radical (unpaired) electrons. The zero-order valence-electron chi connectivity index (χ0n) is 14.9. The number of carbonyl (C=O) groups excluding carboxylic acids is 1. The number of aryl methyl sites for hydroxylation is 2. The van der Waals surface area contributed by atoms with Crippen LogP contribution >= 0.6 is 0 Å². The topological polar surface area (TPSA) is 107 Å². The molecule has 0 aliphatic rings. The van der Waals surface area contributed by atoms with Crippen LogP contribution in [-0.4, -0.2) is 37.8 Å². The van der Waals surface area contributed by atoms with E-state index in [2.05, 4.69) is 25.6 Å². The SMILES string of the molecule is COc1ccc(-c2nnc(C)o2)cc1NC(=O)c1cnn2cc(C)cnc12. The lowest BCUT2D eigenvalue weighted by Gasteiger charge is -2.10. The number of ether oxygens (including phenoxy) is 1. The van der Waals surface area contributed by atoms with Crippen molar-refractivity contribution in [3.63, 3.8) is 0 Å². The van der Waals surface area contributed by atoms with Crippen molar-refractivity contribution in [3.05, 3.63) is 53.8 Å². The molecule has 9 heteroatoms. The second kappa shape index (κ2) is 6.52. The zero-order chi connectivity index (χ0) is 19.0. The molecule has 136 valence electrons. The van der Waals surface area contributed by atoms with Crippen molar-refractivity contribution < 1.29 is 13.9 Å². The Bertz CT molecular complexity index is 1150. The first-order chi connectivity index (χ1) is 13.0. The minimum Gasteiger partial charge on any atom is -0.495 e. The quantitative estimate of drug-likeness (QED) is 0.593. The van der Waals surface area contributed by atoms with Crippen molar-refractivity contribution in [2.75, 3.05) is 12.4 Å². The van der Waals surface area contributed by atoms with Crippen LogP contribution in [0.3, 0.4) is 0 Å². The Morgan fingerprint density at radius 3 is 2.81 bits per heavy atom. The van der Waals surface area contributed by atoms with Gasteiger partial charge in [-0.2, -0.15) is 5.10 Å². The molecule has 0 spiro atoms. The highest BCUT2D eigenvalue weighted by Crippen LogP contribution is 2.30. The Labute approximate surface area is 154 Å². The van der Waals surface area contributed by atoms with Crippen LogP contribution in [0.4, 0.5) is 5.69 Å². The summed E-state index contributed by atoms with van der Waals surface area (Å²) in [7, 11) is 1.53. The van der Waals surface area contributed by atoms with Crippen LogP contribution in [0.25, 0.3) is 17.1 Å². The van der Waals surface area contributed by atoms with Gasteiger partial charge in [0.15, 0.2) is 5.65 Å². The van der Waals surface area contributed by atoms with Gasteiger partial charge in [0, 0.05) is 24.9 Å². The molecule has 1 amide bonds. The molecule has 1 N–H and O–H groups in total. The van der Waals surface area contributed by atoms with Gasteiger partial charge in [0.1, 0.15) is 11.3 Å². The molecule has 4 rings (SSSR count). The number of fused-ring (bicyclic) bond motifs is 1. The first-order valence-electron chi connectivity index (χ1n) is 8.15. The number of hydrogen-bond acceptors (Lipinski definition) is 7. The minimum atomic E-state index is -0.349. The number of benzene rings is 1. The summed E-state index contributed by atoms with van der Waals surface area (Å²) in [4.78, 5) is 17.1. The monoisotopic (exact) mass is 364 g/mol. The highest BCUT2D eigenvalue weighted by molar-refractivity contribution is 6.08. The number of methoxy groups -OCH3 is 1. The van der Waals surface area contributed by atoms with Gasteiger partial charge in [-0.1, -0.05) is 0 Å². The van der Waals surface area contributed by atoms with Gasteiger partial charge >= 0.3 is 0 Å². The van der Waals surface area contributed by atoms with Crippen LogP contribution < -0.4 is 10.1 Å². The van der Waals surface area contributed by atoms with Gasteiger partial charge in [-0.05, 0) is 30.7 Å². The molecule has 0 aliphatic carbocycles.